The molecule has 1 fully saturated rings. The van der Waals surface area contributed by atoms with E-state index in [9.17, 15) is 9.18 Å². The summed E-state index contributed by atoms with van der Waals surface area (Å²) in [6.07, 6.45) is 1.68. The molecule has 0 radical (unpaired) electrons. The molecule has 3 aromatic rings. The van der Waals surface area contributed by atoms with Crippen LogP contribution < -0.4 is 4.90 Å². The van der Waals surface area contributed by atoms with Crippen LogP contribution in [0.1, 0.15) is 21.6 Å². The maximum atomic E-state index is 13.1. The molecule has 0 N–H and O–H groups in total. The number of carbonyl (C=O) groups excluding carboxylic acids is 1. The maximum absolute atomic E-state index is 13.1. The number of piperazine rings is 1. The van der Waals surface area contributed by atoms with Crippen LogP contribution in [0.25, 0.3) is 5.69 Å². The van der Waals surface area contributed by atoms with E-state index in [-0.39, 0.29) is 11.7 Å². The lowest BCUT2D eigenvalue weighted by molar-refractivity contribution is 0.0741. The number of amides is 1. The van der Waals surface area contributed by atoms with Gasteiger partial charge in [-0.25, -0.2) is 9.07 Å². The van der Waals surface area contributed by atoms with Crippen LogP contribution >= 0.6 is 0 Å². The van der Waals surface area contributed by atoms with Gasteiger partial charge >= 0.3 is 0 Å². The van der Waals surface area contributed by atoms with Crippen molar-refractivity contribution in [1.29, 1.82) is 0 Å². The lowest BCUT2D eigenvalue weighted by Crippen LogP contribution is -2.48. The van der Waals surface area contributed by atoms with Crippen molar-refractivity contribution in [3.63, 3.8) is 0 Å². The average molecular weight is 379 g/mol. The smallest absolute Gasteiger partial charge is 0.276 e. The van der Waals surface area contributed by atoms with Crippen LogP contribution in [-0.2, 0) is 0 Å². The number of aromatic nitrogens is 3. The van der Waals surface area contributed by atoms with Crippen molar-refractivity contribution in [2.75, 3.05) is 31.1 Å². The summed E-state index contributed by atoms with van der Waals surface area (Å²) in [5.41, 5.74) is 4.57. The number of hydrogen-bond acceptors (Lipinski definition) is 4. The number of rotatable bonds is 3. The summed E-state index contributed by atoms with van der Waals surface area (Å²) in [7, 11) is 0. The minimum atomic E-state index is -0.246. The maximum Gasteiger partial charge on any atom is 0.276 e. The fraction of sp³-hybridized carbons (Fsp3) is 0.286. The highest BCUT2D eigenvalue weighted by Crippen LogP contribution is 2.18. The highest BCUT2D eigenvalue weighted by molar-refractivity contribution is 5.92. The number of hydrogen-bond donors (Lipinski definition) is 0. The molecule has 0 saturated carbocycles. The van der Waals surface area contributed by atoms with Gasteiger partial charge in [0.1, 0.15) is 5.82 Å². The van der Waals surface area contributed by atoms with Crippen molar-refractivity contribution in [2.45, 2.75) is 13.8 Å². The molecule has 1 aromatic heterocycles. The molecule has 1 saturated heterocycles. The SMILES string of the molecule is Cc1ccc(-n2cc(C(=O)N3CCN(c4ccc(F)cc4)CC3)nn2)cc1C. The summed E-state index contributed by atoms with van der Waals surface area (Å²) in [6.45, 7) is 6.67. The monoisotopic (exact) mass is 379 g/mol. The van der Waals surface area contributed by atoms with Gasteiger partial charge in [0, 0.05) is 31.9 Å². The Morgan fingerprint density at radius 3 is 2.29 bits per heavy atom. The van der Waals surface area contributed by atoms with Crippen molar-refractivity contribution in [1.82, 2.24) is 19.9 Å². The normalized spacial score (nSPS) is 14.4. The van der Waals surface area contributed by atoms with Crippen molar-refractivity contribution in [3.8, 4) is 5.69 Å². The third-order valence-corrected chi connectivity index (χ3v) is 5.23. The largest absolute Gasteiger partial charge is 0.368 e. The molecule has 0 spiro atoms. The second-order valence-electron chi connectivity index (χ2n) is 7.07. The molecule has 28 heavy (non-hydrogen) atoms. The van der Waals surface area contributed by atoms with Gasteiger partial charge in [0.05, 0.1) is 11.9 Å². The van der Waals surface area contributed by atoms with Crippen LogP contribution in [0.2, 0.25) is 0 Å². The topological polar surface area (TPSA) is 54.3 Å². The summed E-state index contributed by atoms with van der Waals surface area (Å²) in [5, 5.41) is 8.19. The first kappa shape index (κ1) is 18.2. The first-order chi connectivity index (χ1) is 13.5. The molecule has 4 rings (SSSR count). The molecular formula is C21H22FN5O. The van der Waals surface area contributed by atoms with Gasteiger partial charge in [-0.05, 0) is 61.4 Å². The van der Waals surface area contributed by atoms with Crippen LogP contribution in [0.15, 0.2) is 48.7 Å². The number of anilines is 1. The number of halogens is 1. The molecule has 1 aliphatic rings. The van der Waals surface area contributed by atoms with Crippen molar-refractivity contribution < 1.29 is 9.18 Å². The molecule has 0 unspecified atom stereocenters. The van der Waals surface area contributed by atoms with E-state index in [4.69, 9.17) is 0 Å². The zero-order chi connectivity index (χ0) is 19.7. The van der Waals surface area contributed by atoms with Gasteiger partial charge in [0.15, 0.2) is 5.69 Å². The Morgan fingerprint density at radius 2 is 1.61 bits per heavy atom. The molecule has 0 atom stereocenters. The Kier molecular flexibility index (Phi) is 4.81. The zero-order valence-electron chi connectivity index (χ0n) is 16.0. The minimum Gasteiger partial charge on any atom is -0.368 e. The number of carbonyl (C=O) groups is 1. The van der Waals surface area contributed by atoms with E-state index in [0.717, 1.165) is 16.9 Å². The van der Waals surface area contributed by atoms with Gasteiger partial charge in [-0.2, -0.15) is 0 Å². The van der Waals surface area contributed by atoms with Gasteiger partial charge < -0.3 is 9.80 Å². The predicted molar refractivity (Wildman–Crippen MR) is 105 cm³/mol. The van der Waals surface area contributed by atoms with E-state index in [1.54, 1.807) is 27.9 Å². The van der Waals surface area contributed by atoms with Crippen molar-refractivity contribution in [3.05, 3.63) is 71.3 Å². The summed E-state index contributed by atoms with van der Waals surface area (Å²) in [5.74, 6) is -0.363. The van der Waals surface area contributed by atoms with E-state index in [1.165, 1.54) is 17.7 Å². The number of benzene rings is 2. The van der Waals surface area contributed by atoms with Crippen LogP contribution in [0.3, 0.4) is 0 Å². The molecule has 2 aromatic carbocycles. The van der Waals surface area contributed by atoms with Crippen LogP contribution in [0, 0.1) is 19.7 Å². The fourth-order valence-electron chi connectivity index (χ4n) is 3.34. The van der Waals surface area contributed by atoms with Gasteiger partial charge in [-0.15, -0.1) is 5.10 Å². The zero-order valence-corrected chi connectivity index (χ0v) is 16.0. The summed E-state index contributed by atoms with van der Waals surface area (Å²) in [6, 6.07) is 12.5. The molecular weight excluding hydrogens is 357 g/mol. The van der Waals surface area contributed by atoms with E-state index in [2.05, 4.69) is 22.1 Å². The lowest BCUT2D eigenvalue weighted by Gasteiger charge is -2.35. The highest BCUT2D eigenvalue weighted by atomic mass is 19.1. The summed E-state index contributed by atoms with van der Waals surface area (Å²) in [4.78, 5) is 16.7. The fourth-order valence-corrected chi connectivity index (χ4v) is 3.34. The molecule has 1 amide bonds. The first-order valence-corrected chi connectivity index (χ1v) is 9.31. The van der Waals surface area contributed by atoms with Crippen LogP contribution in [0.5, 0.6) is 0 Å². The lowest BCUT2D eigenvalue weighted by atomic mass is 10.1. The van der Waals surface area contributed by atoms with Crippen LogP contribution in [-0.4, -0.2) is 52.0 Å². The second kappa shape index (κ2) is 7.42. The Balaban J connectivity index is 1.42. The van der Waals surface area contributed by atoms with Gasteiger partial charge in [-0.1, -0.05) is 11.3 Å². The first-order valence-electron chi connectivity index (χ1n) is 9.31. The predicted octanol–water partition coefficient (Wildman–Crippen LogP) is 2.99. The molecule has 6 nitrogen and oxygen atoms in total. The molecule has 1 aliphatic heterocycles. The Hall–Kier alpha value is -3.22. The third-order valence-electron chi connectivity index (χ3n) is 5.23. The molecule has 144 valence electrons. The van der Waals surface area contributed by atoms with E-state index >= 15 is 0 Å². The van der Waals surface area contributed by atoms with E-state index < -0.39 is 0 Å². The summed E-state index contributed by atoms with van der Waals surface area (Å²) >= 11 is 0. The molecule has 7 heteroatoms. The van der Waals surface area contributed by atoms with Crippen molar-refractivity contribution in [2.24, 2.45) is 0 Å². The third kappa shape index (κ3) is 3.60. The number of nitrogens with zero attached hydrogens (tertiary/aromatic N) is 5. The quantitative estimate of drug-likeness (QED) is 0.702. The van der Waals surface area contributed by atoms with Gasteiger partial charge in [-0.3, -0.25) is 4.79 Å². The Bertz CT molecular complexity index is 990. The molecule has 0 bridgehead atoms. The molecule has 0 aliphatic carbocycles. The minimum absolute atomic E-state index is 0.117. The Morgan fingerprint density at radius 1 is 0.929 bits per heavy atom. The average Bonchev–Trinajstić information content (AvgIpc) is 3.20. The standard InChI is InChI=1S/C21H22FN5O/c1-15-3-6-19(13-16(15)2)27-14-20(23-24-27)21(28)26-11-9-25(10-12-26)18-7-4-17(22)5-8-18/h3-8,13-14H,9-12H2,1-2H3. The summed E-state index contributed by atoms with van der Waals surface area (Å²) < 4.78 is 14.7. The van der Waals surface area contributed by atoms with E-state index in [0.29, 0.717) is 31.9 Å². The van der Waals surface area contributed by atoms with Gasteiger partial charge in [0.2, 0.25) is 0 Å². The van der Waals surface area contributed by atoms with Crippen molar-refractivity contribution >= 4 is 11.6 Å². The second-order valence-corrected chi connectivity index (χ2v) is 7.07. The Labute approximate surface area is 163 Å². The molecule has 2 heterocycles. The highest BCUT2D eigenvalue weighted by Gasteiger charge is 2.24. The van der Waals surface area contributed by atoms with Crippen LogP contribution in [0.4, 0.5) is 10.1 Å². The van der Waals surface area contributed by atoms with E-state index in [1.807, 2.05) is 25.1 Å². The van der Waals surface area contributed by atoms with Gasteiger partial charge in [0.25, 0.3) is 5.91 Å². The number of aryl methyl sites for hydroxylation is 2.